The van der Waals surface area contributed by atoms with Gasteiger partial charge in [0, 0.05) is 5.56 Å². The third-order valence-corrected chi connectivity index (χ3v) is 2.74. The number of phenols is 1. The first-order valence-corrected chi connectivity index (χ1v) is 5.66. The van der Waals surface area contributed by atoms with Crippen molar-refractivity contribution in [3.8, 4) is 5.75 Å². The predicted molar refractivity (Wildman–Crippen MR) is 70.1 cm³/mol. The number of fused-ring (bicyclic) bond motifs is 1. The number of aromatic hydroxyl groups is 1. The lowest BCUT2D eigenvalue weighted by atomic mass is 10.2. The van der Waals surface area contributed by atoms with Crippen molar-refractivity contribution in [1.29, 1.82) is 0 Å². The minimum Gasteiger partial charge on any atom is -0.506 e. The Morgan fingerprint density at radius 3 is 2.89 bits per heavy atom. The molecule has 0 aliphatic rings. The first-order valence-electron chi connectivity index (χ1n) is 5.66. The van der Waals surface area contributed by atoms with Gasteiger partial charge in [-0.3, -0.25) is 4.79 Å². The lowest BCUT2D eigenvalue weighted by molar-refractivity contribution is 0.102. The number of benzene rings is 2. The SMILES string of the molecule is O=C(Nc1ccccc1O)c1ccc2ocnc2c1. The molecule has 2 aromatic carbocycles. The fourth-order valence-electron chi connectivity index (χ4n) is 1.77. The summed E-state index contributed by atoms with van der Waals surface area (Å²) in [6, 6.07) is 11.5. The average Bonchev–Trinajstić information content (AvgIpc) is 2.88. The average molecular weight is 254 g/mol. The second-order valence-corrected chi connectivity index (χ2v) is 4.01. The quantitative estimate of drug-likeness (QED) is 0.689. The zero-order chi connectivity index (χ0) is 13.2. The van der Waals surface area contributed by atoms with Gasteiger partial charge in [0.1, 0.15) is 11.3 Å². The maximum absolute atomic E-state index is 12.1. The number of phenolic OH excluding ortho intramolecular Hbond substituents is 1. The number of carbonyl (C=O) groups is 1. The second-order valence-electron chi connectivity index (χ2n) is 4.01. The van der Waals surface area contributed by atoms with E-state index in [1.807, 2.05) is 0 Å². The van der Waals surface area contributed by atoms with Crippen LogP contribution in [0.1, 0.15) is 10.4 Å². The number of anilines is 1. The van der Waals surface area contributed by atoms with Crippen molar-refractivity contribution in [2.75, 3.05) is 5.32 Å². The molecule has 1 heterocycles. The highest BCUT2D eigenvalue weighted by Gasteiger charge is 2.10. The highest BCUT2D eigenvalue weighted by atomic mass is 16.3. The van der Waals surface area contributed by atoms with Crippen molar-refractivity contribution in [2.24, 2.45) is 0 Å². The van der Waals surface area contributed by atoms with Crippen LogP contribution in [-0.2, 0) is 0 Å². The van der Waals surface area contributed by atoms with Gasteiger partial charge in [-0.15, -0.1) is 0 Å². The molecule has 5 heteroatoms. The van der Waals surface area contributed by atoms with Crippen LogP contribution in [0.2, 0.25) is 0 Å². The number of para-hydroxylation sites is 2. The summed E-state index contributed by atoms with van der Waals surface area (Å²) in [7, 11) is 0. The Labute approximate surface area is 108 Å². The Bertz CT molecular complexity index is 749. The first-order chi connectivity index (χ1) is 9.24. The van der Waals surface area contributed by atoms with E-state index in [0.29, 0.717) is 22.4 Å². The lowest BCUT2D eigenvalue weighted by Crippen LogP contribution is -2.11. The van der Waals surface area contributed by atoms with Crippen molar-refractivity contribution >= 4 is 22.7 Å². The van der Waals surface area contributed by atoms with E-state index in [9.17, 15) is 9.90 Å². The highest BCUT2D eigenvalue weighted by Crippen LogP contribution is 2.22. The van der Waals surface area contributed by atoms with Gasteiger partial charge in [-0.2, -0.15) is 0 Å². The van der Waals surface area contributed by atoms with E-state index >= 15 is 0 Å². The van der Waals surface area contributed by atoms with Gasteiger partial charge in [-0.1, -0.05) is 12.1 Å². The summed E-state index contributed by atoms with van der Waals surface area (Å²) in [5, 5.41) is 12.2. The van der Waals surface area contributed by atoms with Gasteiger partial charge in [0.2, 0.25) is 0 Å². The number of hydrogen-bond acceptors (Lipinski definition) is 4. The van der Waals surface area contributed by atoms with Crippen LogP contribution in [-0.4, -0.2) is 16.0 Å². The topological polar surface area (TPSA) is 75.4 Å². The van der Waals surface area contributed by atoms with Crippen LogP contribution in [0.3, 0.4) is 0 Å². The van der Waals surface area contributed by atoms with Crippen LogP contribution in [0.4, 0.5) is 5.69 Å². The molecule has 1 aromatic heterocycles. The molecule has 3 rings (SSSR count). The first kappa shape index (κ1) is 11.3. The summed E-state index contributed by atoms with van der Waals surface area (Å²) in [5.41, 5.74) is 2.06. The van der Waals surface area contributed by atoms with Gasteiger partial charge in [0.15, 0.2) is 12.0 Å². The van der Waals surface area contributed by atoms with Gasteiger partial charge in [0.25, 0.3) is 5.91 Å². The summed E-state index contributed by atoms with van der Waals surface area (Å²) in [6.07, 6.45) is 1.33. The Balaban J connectivity index is 1.89. The predicted octanol–water partition coefficient (Wildman–Crippen LogP) is 2.79. The van der Waals surface area contributed by atoms with Crippen molar-refractivity contribution in [2.45, 2.75) is 0 Å². The molecule has 0 atom stereocenters. The minimum absolute atomic E-state index is 0.0263. The molecular formula is C14H10N2O3. The number of aromatic nitrogens is 1. The van der Waals surface area contributed by atoms with Gasteiger partial charge >= 0.3 is 0 Å². The number of nitrogens with zero attached hydrogens (tertiary/aromatic N) is 1. The van der Waals surface area contributed by atoms with E-state index in [4.69, 9.17) is 4.42 Å². The molecule has 0 spiro atoms. The fraction of sp³-hybridized carbons (Fsp3) is 0. The molecule has 2 N–H and O–H groups in total. The van der Waals surface area contributed by atoms with Crippen LogP contribution < -0.4 is 5.32 Å². The Kier molecular flexibility index (Phi) is 2.64. The zero-order valence-corrected chi connectivity index (χ0v) is 9.83. The molecule has 0 unspecified atom stereocenters. The number of carbonyl (C=O) groups excluding carboxylic acids is 1. The van der Waals surface area contributed by atoms with E-state index in [1.165, 1.54) is 12.5 Å². The van der Waals surface area contributed by atoms with E-state index in [2.05, 4.69) is 10.3 Å². The fourth-order valence-corrected chi connectivity index (χ4v) is 1.77. The van der Waals surface area contributed by atoms with Crippen LogP contribution in [0, 0.1) is 0 Å². The molecule has 0 bridgehead atoms. The molecule has 5 nitrogen and oxygen atoms in total. The molecular weight excluding hydrogens is 244 g/mol. The Morgan fingerprint density at radius 1 is 1.21 bits per heavy atom. The third-order valence-electron chi connectivity index (χ3n) is 2.74. The third kappa shape index (κ3) is 2.13. The molecule has 0 saturated heterocycles. The molecule has 1 amide bonds. The summed E-state index contributed by atoms with van der Waals surface area (Å²) >= 11 is 0. The van der Waals surface area contributed by atoms with E-state index in [1.54, 1.807) is 36.4 Å². The number of rotatable bonds is 2. The summed E-state index contributed by atoms with van der Waals surface area (Å²) in [5.74, 6) is -0.287. The zero-order valence-electron chi connectivity index (χ0n) is 9.83. The van der Waals surface area contributed by atoms with E-state index in [-0.39, 0.29) is 11.7 Å². The molecule has 0 radical (unpaired) electrons. The smallest absolute Gasteiger partial charge is 0.255 e. The normalized spacial score (nSPS) is 10.5. The van der Waals surface area contributed by atoms with Crippen LogP contribution in [0.25, 0.3) is 11.1 Å². The summed E-state index contributed by atoms with van der Waals surface area (Å²) in [4.78, 5) is 16.0. The molecule has 0 aliphatic heterocycles. The number of nitrogens with one attached hydrogen (secondary N) is 1. The van der Waals surface area contributed by atoms with Crippen molar-refractivity contribution in [3.05, 3.63) is 54.4 Å². The van der Waals surface area contributed by atoms with Gasteiger partial charge in [-0.05, 0) is 30.3 Å². The van der Waals surface area contributed by atoms with Crippen LogP contribution in [0.5, 0.6) is 5.75 Å². The number of hydrogen-bond donors (Lipinski definition) is 2. The number of amides is 1. The summed E-state index contributed by atoms with van der Waals surface area (Å²) in [6.45, 7) is 0. The van der Waals surface area contributed by atoms with Crippen molar-refractivity contribution < 1.29 is 14.3 Å². The molecule has 19 heavy (non-hydrogen) atoms. The minimum atomic E-state index is -0.314. The highest BCUT2D eigenvalue weighted by molar-refractivity contribution is 6.06. The van der Waals surface area contributed by atoms with E-state index < -0.39 is 0 Å². The van der Waals surface area contributed by atoms with Gasteiger partial charge in [0.05, 0.1) is 5.69 Å². The van der Waals surface area contributed by atoms with Crippen molar-refractivity contribution in [1.82, 2.24) is 4.98 Å². The lowest BCUT2D eigenvalue weighted by Gasteiger charge is -2.06. The van der Waals surface area contributed by atoms with Gasteiger partial charge < -0.3 is 14.8 Å². The molecule has 0 aliphatic carbocycles. The molecule has 3 aromatic rings. The Hall–Kier alpha value is -2.82. The molecule has 0 saturated carbocycles. The van der Waals surface area contributed by atoms with E-state index in [0.717, 1.165) is 0 Å². The summed E-state index contributed by atoms with van der Waals surface area (Å²) < 4.78 is 5.11. The standard InChI is InChI=1S/C14H10N2O3/c17-12-4-2-1-3-10(12)16-14(18)9-5-6-13-11(7-9)15-8-19-13/h1-8,17H,(H,16,18). The Morgan fingerprint density at radius 2 is 2.05 bits per heavy atom. The largest absolute Gasteiger partial charge is 0.506 e. The van der Waals surface area contributed by atoms with Gasteiger partial charge in [-0.25, -0.2) is 4.98 Å². The molecule has 94 valence electrons. The monoisotopic (exact) mass is 254 g/mol. The van der Waals surface area contributed by atoms with Crippen molar-refractivity contribution in [3.63, 3.8) is 0 Å². The van der Waals surface area contributed by atoms with Crippen LogP contribution in [0.15, 0.2) is 53.3 Å². The number of oxazole rings is 1. The second kappa shape index (κ2) is 4.45. The maximum atomic E-state index is 12.1. The molecule has 0 fully saturated rings. The van der Waals surface area contributed by atoms with Crippen LogP contribution >= 0.6 is 0 Å². The maximum Gasteiger partial charge on any atom is 0.255 e.